The fourth-order valence-electron chi connectivity index (χ4n) is 1.70. The van der Waals surface area contributed by atoms with Crippen molar-refractivity contribution in [3.05, 3.63) is 48.3 Å². The van der Waals surface area contributed by atoms with E-state index in [1.165, 1.54) is 11.3 Å². The van der Waals surface area contributed by atoms with Crippen LogP contribution in [0, 0.1) is 0 Å². The fourth-order valence-corrected chi connectivity index (χ4v) is 1.70. The molecule has 2 rings (SSSR count). The van der Waals surface area contributed by atoms with Crippen LogP contribution in [0.3, 0.4) is 0 Å². The number of hydrogen-bond acceptors (Lipinski definition) is 3. The molecule has 0 bridgehead atoms. The van der Waals surface area contributed by atoms with Crippen molar-refractivity contribution < 1.29 is 0 Å². The summed E-state index contributed by atoms with van der Waals surface area (Å²) in [6.07, 6.45) is 9.28. The van der Waals surface area contributed by atoms with Crippen LogP contribution in [0.25, 0.3) is 0 Å². The summed E-state index contributed by atoms with van der Waals surface area (Å²) in [5.41, 5.74) is 8.05. The first-order chi connectivity index (χ1) is 7.90. The van der Waals surface area contributed by atoms with Gasteiger partial charge in [-0.25, -0.2) is 4.98 Å². The van der Waals surface area contributed by atoms with E-state index >= 15 is 0 Å². The lowest BCUT2D eigenvalue weighted by molar-refractivity contribution is 0.657. The molecule has 0 spiro atoms. The second-order valence-corrected chi connectivity index (χ2v) is 3.72. The minimum absolute atomic E-state index is 0.668. The summed E-state index contributed by atoms with van der Waals surface area (Å²) in [5, 5.41) is 0. The minimum atomic E-state index is 0.668. The Kier molecular flexibility index (Phi) is 3.66. The molecule has 2 N–H and O–H groups in total. The smallest absolute Gasteiger partial charge is 0.0948 e. The van der Waals surface area contributed by atoms with Gasteiger partial charge in [0.25, 0.3) is 0 Å². The first kappa shape index (κ1) is 10.8. The fraction of sp³-hybridized carbons (Fsp3) is 0.333. The third kappa shape index (κ3) is 2.67. The highest BCUT2D eigenvalue weighted by molar-refractivity contribution is 5.10. The van der Waals surface area contributed by atoms with E-state index in [9.17, 15) is 0 Å². The summed E-state index contributed by atoms with van der Waals surface area (Å²) >= 11 is 0. The van der Waals surface area contributed by atoms with Crippen LogP contribution in [0.4, 0.5) is 0 Å². The number of aromatic nitrogens is 3. The SMILES string of the molecule is NCCc1cncn1CCc1ccncc1. The average Bonchev–Trinajstić information content (AvgIpc) is 2.76. The molecule has 2 aromatic rings. The summed E-state index contributed by atoms with van der Waals surface area (Å²) < 4.78 is 2.16. The van der Waals surface area contributed by atoms with Gasteiger partial charge in [0.15, 0.2) is 0 Å². The zero-order valence-corrected chi connectivity index (χ0v) is 9.21. The van der Waals surface area contributed by atoms with Gasteiger partial charge < -0.3 is 10.3 Å². The number of aryl methyl sites for hydroxylation is 2. The van der Waals surface area contributed by atoms with Crippen LogP contribution in [0.15, 0.2) is 37.1 Å². The van der Waals surface area contributed by atoms with E-state index in [2.05, 4.69) is 14.5 Å². The molecule has 0 aromatic carbocycles. The van der Waals surface area contributed by atoms with E-state index in [4.69, 9.17) is 5.73 Å². The van der Waals surface area contributed by atoms with Crippen LogP contribution in [-0.4, -0.2) is 21.1 Å². The van der Waals surface area contributed by atoms with Crippen molar-refractivity contribution in [2.75, 3.05) is 6.54 Å². The Bertz CT molecular complexity index is 422. The number of hydrogen-bond donors (Lipinski definition) is 1. The predicted molar refractivity (Wildman–Crippen MR) is 62.9 cm³/mol. The van der Waals surface area contributed by atoms with Crippen molar-refractivity contribution in [2.45, 2.75) is 19.4 Å². The monoisotopic (exact) mass is 216 g/mol. The van der Waals surface area contributed by atoms with Crippen LogP contribution < -0.4 is 5.73 Å². The zero-order valence-electron chi connectivity index (χ0n) is 9.21. The van der Waals surface area contributed by atoms with E-state index < -0.39 is 0 Å². The maximum atomic E-state index is 5.55. The molecule has 4 nitrogen and oxygen atoms in total. The molecule has 0 amide bonds. The van der Waals surface area contributed by atoms with E-state index in [0.717, 1.165) is 19.4 Å². The van der Waals surface area contributed by atoms with Crippen LogP contribution in [0.2, 0.25) is 0 Å². The lowest BCUT2D eigenvalue weighted by atomic mass is 10.2. The molecule has 4 heteroatoms. The first-order valence-electron chi connectivity index (χ1n) is 5.48. The standard InChI is InChI=1S/C12H16N4/c13-5-1-12-9-15-10-16(12)8-4-11-2-6-14-7-3-11/h2-3,6-7,9-10H,1,4-5,8,13H2. The van der Waals surface area contributed by atoms with Crippen molar-refractivity contribution in [3.8, 4) is 0 Å². The van der Waals surface area contributed by atoms with Gasteiger partial charge in [-0.1, -0.05) is 0 Å². The highest BCUT2D eigenvalue weighted by Gasteiger charge is 2.01. The third-order valence-corrected chi connectivity index (χ3v) is 2.59. The molecule has 0 unspecified atom stereocenters. The summed E-state index contributed by atoms with van der Waals surface area (Å²) in [7, 11) is 0. The molecular weight excluding hydrogens is 200 g/mol. The Morgan fingerprint density at radius 3 is 2.69 bits per heavy atom. The molecule has 84 valence electrons. The lowest BCUT2D eigenvalue weighted by Gasteiger charge is -2.07. The van der Waals surface area contributed by atoms with Gasteiger partial charge in [-0.05, 0) is 30.7 Å². The molecule has 0 aliphatic carbocycles. The highest BCUT2D eigenvalue weighted by atomic mass is 15.0. The molecule has 0 radical (unpaired) electrons. The van der Waals surface area contributed by atoms with E-state index in [1.54, 1.807) is 0 Å². The van der Waals surface area contributed by atoms with Gasteiger partial charge in [0.1, 0.15) is 0 Å². The van der Waals surface area contributed by atoms with Gasteiger partial charge in [-0.3, -0.25) is 4.98 Å². The van der Waals surface area contributed by atoms with E-state index in [-0.39, 0.29) is 0 Å². The molecular formula is C12H16N4. The number of pyridine rings is 1. The Morgan fingerprint density at radius 1 is 1.12 bits per heavy atom. The second kappa shape index (κ2) is 5.42. The maximum absolute atomic E-state index is 5.55. The van der Waals surface area contributed by atoms with Gasteiger partial charge in [-0.15, -0.1) is 0 Å². The van der Waals surface area contributed by atoms with E-state index in [1.807, 2.05) is 37.1 Å². The number of rotatable bonds is 5. The van der Waals surface area contributed by atoms with Crippen molar-refractivity contribution in [2.24, 2.45) is 5.73 Å². The first-order valence-corrected chi connectivity index (χ1v) is 5.48. The molecule has 2 heterocycles. The largest absolute Gasteiger partial charge is 0.334 e. The van der Waals surface area contributed by atoms with Gasteiger partial charge in [0, 0.05) is 37.3 Å². The summed E-state index contributed by atoms with van der Waals surface area (Å²) in [4.78, 5) is 8.15. The number of nitrogens with zero attached hydrogens (tertiary/aromatic N) is 3. The summed E-state index contributed by atoms with van der Waals surface area (Å²) in [6, 6.07) is 4.08. The van der Waals surface area contributed by atoms with Crippen LogP contribution in [-0.2, 0) is 19.4 Å². The number of imidazole rings is 1. The number of nitrogens with two attached hydrogens (primary N) is 1. The Labute approximate surface area is 95.1 Å². The van der Waals surface area contributed by atoms with Gasteiger partial charge in [-0.2, -0.15) is 0 Å². The molecule has 2 aromatic heterocycles. The molecule has 0 saturated heterocycles. The summed E-state index contributed by atoms with van der Waals surface area (Å²) in [6.45, 7) is 1.61. The highest BCUT2D eigenvalue weighted by Crippen LogP contribution is 2.04. The van der Waals surface area contributed by atoms with Crippen molar-refractivity contribution in [1.29, 1.82) is 0 Å². The normalized spacial score (nSPS) is 10.6. The van der Waals surface area contributed by atoms with Crippen LogP contribution in [0.5, 0.6) is 0 Å². The Morgan fingerprint density at radius 2 is 1.94 bits per heavy atom. The van der Waals surface area contributed by atoms with E-state index in [0.29, 0.717) is 6.54 Å². The lowest BCUT2D eigenvalue weighted by Crippen LogP contribution is -2.09. The molecule has 0 aliphatic heterocycles. The molecule has 0 aliphatic rings. The quantitative estimate of drug-likeness (QED) is 0.812. The van der Waals surface area contributed by atoms with Crippen molar-refractivity contribution in [1.82, 2.24) is 14.5 Å². The summed E-state index contributed by atoms with van der Waals surface area (Å²) in [5.74, 6) is 0. The maximum Gasteiger partial charge on any atom is 0.0948 e. The third-order valence-electron chi connectivity index (χ3n) is 2.59. The Hall–Kier alpha value is -1.68. The van der Waals surface area contributed by atoms with Crippen molar-refractivity contribution in [3.63, 3.8) is 0 Å². The zero-order chi connectivity index (χ0) is 11.2. The van der Waals surface area contributed by atoms with Gasteiger partial charge in [0.05, 0.1) is 6.33 Å². The average molecular weight is 216 g/mol. The molecule has 0 fully saturated rings. The van der Waals surface area contributed by atoms with Crippen LogP contribution in [0.1, 0.15) is 11.3 Å². The van der Waals surface area contributed by atoms with Crippen LogP contribution >= 0.6 is 0 Å². The van der Waals surface area contributed by atoms with Crippen molar-refractivity contribution >= 4 is 0 Å². The molecule has 0 atom stereocenters. The predicted octanol–water partition coefficient (Wildman–Crippen LogP) is 1.02. The molecule has 16 heavy (non-hydrogen) atoms. The topological polar surface area (TPSA) is 56.7 Å². The Balaban J connectivity index is 1.97. The van der Waals surface area contributed by atoms with Gasteiger partial charge in [0.2, 0.25) is 0 Å². The second-order valence-electron chi connectivity index (χ2n) is 3.72. The van der Waals surface area contributed by atoms with Gasteiger partial charge >= 0.3 is 0 Å². The minimum Gasteiger partial charge on any atom is -0.334 e. The molecule has 0 saturated carbocycles.